The summed E-state index contributed by atoms with van der Waals surface area (Å²) in [6.45, 7) is 2.64. The van der Waals surface area contributed by atoms with Crippen LogP contribution in [0.1, 0.15) is 29.3 Å². The molecule has 2 aromatic heterocycles. The average molecular weight is 489 g/mol. The predicted molar refractivity (Wildman–Crippen MR) is 130 cm³/mol. The molecule has 184 valence electrons. The molecule has 4 rings (SSSR count). The zero-order chi connectivity index (χ0) is 25.7. The lowest BCUT2D eigenvalue weighted by Crippen LogP contribution is -2.40. The summed E-state index contributed by atoms with van der Waals surface area (Å²) in [5, 5.41) is 16.2. The van der Waals surface area contributed by atoms with Crippen LogP contribution in [-0.2, 0) is 10.2 Å². The Morgan fingerprint density at radius 3 is 2.81 bits per heavy atom. The van der Waals surface area contributed by atoms with Crippen LogP contribution in [0, 0.1) is 24.1 Å². The molecule has 1 atom stereocenters. The van der Waals surface area contributed by atoms with Gasteiger partial charge >= 0.3 is 0 Å². The van der Waals surface area contributed by atoms with Gasteiger partial charge in [0.1, 0.15) is 41.0 Å². The molecule has 0 saturated heterocycles. The van der Waals surface area contributed by atoms with E-state index in [-0.39, 0.29) is 29.4 Å². The maximum atomic E-state index is 14.3. The largest absolute Gasteiger partial charge is 0.491 e. The highest BCUT2D eigenvalue weighted by Gasteiger charge is 2.43. The summed E-state index contributed by atoms with van der Waals surface area (Å²) >= 11 is 0. The third-order valence-electron chi connectivity index (χ3n) is 5.73. The van der Waals surface area contributed by atoms with E-state index < -0.39 is 11.3 Å². The summed E-state index contributed by atoms with van der Waals surface area (Å²) in [5.74, 6) is 0.186. The number of anilines is 1. The Hall–Kier alpha value is -4.36. The fourth-order valence-electron chi connectivity index (χ4n) is 3.72. The Bertz CT molecular complexity index is 1370. The van der Waals surface area contributed by atoms with Crippen LogP contribution in [0.4, 0.5) is 10.2 Å². The van der Waals surface area contributed by atoms with Gasteiger partial charge in [0.15, 0.2) is 5.82 Å². The molecule has 1 unspecified atom stereocenters. The van der Waals surface area contributed by atoms with Crippen molar-refractivity contribution in [3.63, 3.8) is 0 Å². The second-order valence-corrected chi connectivity index (χ2v) is 8.57. The maximum Gasteiger partial charge on any atom is 0.243 e. The lowest BCUT2D eigenvalue weighted by Gasteiger charge is -2.28. The van der Waals surface area contributed by atoms with Crippen molar-refractivity contribution in [2.45, 2.75) is 18.8 Å². The van der Waals surface area contributed by atoms with Crippen LogP contribution in [0.25, 0.3) is 5.57 Å². The SMILES string of the molecule is Cc1nc(C2(C(=O)Nc3cc(OCCN(C)C)c(C#N)cn3)C=CC(c3ccccc3F)=CC2)no1. The zero-order valence-corrected chi connectivity index (χ0v) is 20.2. The van der Waals surface area contributed by atoms with Crippen LogP contribution in [0.3, 0.4) is 0 Å². The number of nitrogens with zero attached hydrogens (tertiary/aromatic N) is 5. The third kappa shape index (κ3) is 5.16. The minimum atomic E-state index is -1.31. The highest BCUT2D eigenvalue weighted by Crippen LogP contribution is 2.37. The molecule has 0 saturated carbocycles. The number of amides is 1. The Balaban J connectivity index is 1.62. The normalized spacial score (nSPS) is 16.9. The number of benzene rings is 1. The molecule has 0 aliphatic heterocycles. The second kappa shape index (κ2) is 10.5. The first kappa shape index (κ1) is 24.8. The van der Waals surface area contributed by atoms with Gasteiger partial charge in [-0.15, -0.1) is 0 Å². The van der Waals surface area contributed by atoms with E-state index in [0.717, 1.165) is 0 Å². The third-order valence-corrected chi connectivity index (χ3v) is 5.73. The number of carbonyl (C=O) groups is 1. The molecule has 0 bridgehead atoms. The molecule has 0 fully saturated rings. The zero-order valence-electron chi connectivity index (χ0n) is 20.2. The van der Waals surface area contributed by atoms with Gasteiger partial charge in [-0.05, 0) is 32.2 Å². The molecule has 36 heavy (non-hydrogen) atoms. The molecule has 2 heterocycles. The van der Waals surface area contributed by atoms with Gasteiger partial charge in [0.2, 0.25) is 11.8 Å². The number of halogens is 1. The molecule has 1 aliphatic carbocycles. The fourth-order valence-corrected chi connectivity index (χ4v) is 3.72. The number of ether oxygens (including phenoxy) is 1. The van der Waals surface area contributed by atoms with E-state index in [1.54, 1.807) is 43.4 Å². The molecule has 1 aliphatic rings. The molecule has 3 aromatic rings. The van der Waals surface area contributed by atoms with E-state index in [9.17, 15) is 14.4 Å². The van der Waals surface area contributed by atoms with Crippen molar-refractivity contribution in [2.24, 2.45) is 0 Å². The van der Waals surface area contributed by atoms with Crippen molar-refractivity contribution in [1.82, 2.24) is 20.0 Å². The Morgan fingerprint density at radius 1 is 1.36 bits per heavy atom. The van der Waals surface area contributed by atoms with Gasteiger partial charge < -0.3 is 19.5 Å². The Morgan fingerprint density at radius 2 is 2.17 bits per heavy atom. The minimum Gasteiger partial charge on any atom is -0.491 e. The summed E-state index contributed by atoms with van der Waals surface area (Å²) in [6.07, 6.45) is 6.60. The summed E-state index contributed by atoms with van der Waals surface area (Å²) in [4.78, 5) is 24.1. The number of nitrogens with one attached hydrogen (secondary N) is 1. The van der Waals surface area contributed by atoms with E-state index in [1.807, 2.05) is 25.1 Å². The molecular weight excluding hydrogens is 463 g/mol. The highest BCUT2D eigenvalue weighted by atomic mass is 19.1. The smallest absolute Gasteiger partial charge is 0.243 e. The summed E-state index contributed by atoms with van der Waals surface area (Å²) in [7, 11) is 3.82. The first-order valence-corrected chi connectivity index (χ1v) is 11.3. The van der Waals surface area contributed by atoms with Gasteiger partial charge in [-0.25, -0.2) is 9.37 Å². The van der Waals surface area contributed by atoms with Crippen molar-refractivity contribution in [2.75, 3.05) is 32.6 Å². The van der Waals surface area contributed by atoms with Crippen LogP contribution >= 0.6 is 0 Å². The number of hydrogen-bond donors (Lipinski definition) is 1. The second-order valence-electron chi connectivity index (χ2n) is 8.57. The molecule has 1 N–H and O–H groups in total. The average Bonchev–Trinajstić information content (AvgIpc) is 3.31. The number of pyridine rings is 1. The van der Waals surface area contributed by atoms with Crippen molar-refractivity contribution < 1.29 is 18.4 Å². The standard InChI is InChI=1S/C26H25FN6O3/c1-17-30-24(32-36-17)26(10-8-18(9-11-26)20-6-4-5-7-21(20)27)25(34)31-23-14-22(19(15-28)16-29-23)35-13-12-33(2)3/h4-10,14,16H,11-13H2,1-3H3,(H,29,31,34). The number of nitriles is 1. The fraction of sp³-hybridized carbons (Fsp3) is 0.269. The number of likely N-dealkylation sites (N-methyl/N-ethyl adjacent to an activating group) is 1. The van der Waals surface area contributed by atoms with E-state index in [1.165, 1.54) is 18.3 Å². The topological polar surface area (TPSA) is 117 Å². The van der Waals surface area contributed by atoms with Crippen molar-refractivity contribution in [1.29, 1.82) is 5.26 Å². The lowest BCUT2D eigenvalue weighted by atomic mass is 9.77. The van der Waals surface area contributed by atoms with Gasteiger partial charge in [0.05, 0.1) is 6.20 Å². The molecular formula is C26H25FN6O3. The highest BCUT2D eigenvalue weighted by molar-refractivity contribution is 6.01. The van der Waals surface area contributed by atoms with Crippen molar-refractivity contribution in [3.8, 4) is 11.8 Å². The summed E-state index contributed by atoms with van der Waals surface area (Å²) < 4.78 is 25.2. The quantitative estimate of drug-likeness (QED) is 0.511. The number of aryl methyl sites for hydroxylation is 1. The van der Waals surface area contributed by atoms with E-state index in [0.29, 0.717) is 35.9 Å². The van der Waals surface area contributed by atoms with Gasteiger partial charge in [-0.1, -0.05) is 41.6 Å². The number of allylic oxidation sites excluding steroid dienone is 3. The number of aromatic nitrogens is 3. The van der Waals surface area contributed by atoms with Crippen LogP contribution in [0.2, 0.25) is 0 Å². The van der Waals surface area contributed by atoms with E-state index in [4.69, 9.17) is 9.26 Å². The van der Waals surface area contributed by atoms with E-state index >= 15 is 0 Å². The molecule has 0 radical (unpaired) electrons. The van der Waals surface area contributed by atoms with Crippen molar-refractivity contribution in [3.05, 3.63) is 83.4 Å². The predicted octanol–water partition coefficient (Wildman–Crippen LogP) is 3.64. The van der Waals surface area contributed by atoms with Crippen LogP contribution in [0.5, 0.6) is 5.75 Å². The number of rotatable bonds is 8. The van der Waals surface area contributed by atoms with Crippen LogP contribution in [0.15, 0.2) is 59.3 Å². The van der Waals surface area contributed by atoms with Crippen LogP contribution < -0.4 is 10.1 Å². The molecule has 0 spiro atoms. The monoisotopic (exact) mass is 488 g/mol. The number of hydrogen-bond acceptors (Lipinski definition) is 8. The first-order chi connectivity index (χ1) is 17.3. The Labute approximate surface area is 207 Å². The first-order valence-electron chi connectivity index (χ1n) is 11.3. The van der Waals surface area contributed by atoms with Gasteiger partial charge in [0.25, 0.3) is 0 Å². The maximum absolute atomic E-state index is 14.3. The minimum absolute atomic E-state index is 0.167. The number of carbonyl (C=O) groups excluding carboxylic acids is 1. The summed E-state index contributed by atoms with van der Waals surface area (Å²) in [6, 6.07) is 9.98. The van der Waals surface area contributed by atoms with Gasteiger partial charge in [0, 0.05) is 25.1 Å². The summed E-state index contributed by atoms with van der Waals surface area (Å²) in [5.41, 5.74) is 0.0176. The van der Waals surface area contributed by atoms with E-state index in [2.05, 4.69) is 20.4 Å². The van der Waals surface area contributed by atoms with Crippen LogP contribution in [-0.4, -0.2) is 53.2 Å². The lowest BCUT2D eigenvalue weighted by molar-refractivity contribution is -0.120. The van der Waals surface area contributed by atoms with Gasteiger partial charge in [-0.2, -0.15) is 10.2 Å². The molecule has 1 aromatic carbocycles. The van der Waals surface area contributed by atoms with Crippen molar-refractivity contribution >= 4 is 17.3 Å². The molecule has 10 heteroatoms. The van der Waals surface area contributed by atoms with Gasteiger partial charge in [-0.3, -0.25) is 4.79 Å². The molecule has 9 nitrogen and oxygen atoms in total. The molecule has 1 amide bonds. The Kier molecular flexibility index (Phi) is 7.22.